The van der Waals surface area contributed by atoms with E-state index in [9.17, 15) is 9.90 Å². The number of aliphatic carboxylic acids is 1. The van der Waals surface area contributed by atoms with Gasteiger partial charge in [-0.25, -0.2) is 14.8 Å². The van der Waals surface area contributed by atoms with Gasteiger partial charge in [0.1, 0.15) is 23.0 Å². The molecule has 0 aromatic carbocycles. The number of thiophene rings is 1. The first kappa shape index (κ1) is 13.3. The van der Waals surface area contributed by atoms with Crippen molar-refractivity contribution in [3.63, 3.8) is 0 Å². The number of aromatic nitrogens is 2. The predicted molar refractivity (Wildman–Crippen MR) is 79.4 cm³/mol. The smallest absolute Gasteiger partial charge is 0.326 e. The molecule has 1 N–H and O–H groups in total. The van der Waals surface area contributed by atoms with Crippen LogP contribution in [0.5, 0.6) is 0 Å². The largest absolute Gasteiger partial charge is 0.480 e. The molecule has 6 heteroatoms. The molecular weight excluding hydrogens is 274 g/mol. The molecule has 20 heavy (non-hydrogen) atoms. The topological polar surface area (TPSA) is 66.3 Å². The molecule has 1 aliphatic heterocycles. The highest BCUT2D eigenvalue weighted by atomic mass is 32.1. The van der Waals surface area contributed by atoms with Crippen LogP contribution < -0.4 is 4.90 Å². The molecule has 1 unspecified atom stereocenters. The van der Waals surface area contributed by atoms with Crippen molar-refractivity contribution in [3.05, 3.63) is 17.3 Å². The molecule has 0 bridgehead atoms. The first-order chi connectivity index (χ1) is 9.66. The minimum atomic E-state index is -0.759. The monoisotopic (exact) mass is 291 g/mol. The standard InChI is InChI=1S/C14H17N3O2S/c1-9-7-10-12(15-8-16-13(10)20-9)17-6-4-2-3-5-11(17)14(18)19/h7-8,11H,2-6H2,1H3,(H,18,19). The summed E-state index contributed by atoms with van der Waals surface area (Å²) >= 11 is 1.62. The third kappa shape index (κ3) is 2.35. The van der Waals surface area contributed by atoms with Crippen molar-refractivity contribution in [1.82, 2.24) is 9.97 Å². The molecular formula is C14H17N3O2S. The van der Waals surface area contributed by atoms with E-state index in [1.807, 2.05) is 11.8 Å². The third-order valence-corrected chi connectivity index (χ3v) is 4.70. The van der Waals surface area contributed by atoms with Gasteiger partial charge in [-0.05, 0) is 25.8 Å². The Labute approximate surface area is 121 Å². The number of carbonyl (C=O) groups is 1. The van der Waals surface area contributed by atoms with Crippen molar-refractivity contribution in [2.45, 2.75) is 38.6 Å². The lowest BCUT2D eigenvalue weighted by molar-refractivity contribution is -0.138. The molecule has 3 rings (SSSR count). The van der Waals surface area contributed by atoms with E-state index in [1.165, 1.54) is 11.2 Å². The lowest BCUT2D eigenvalue weighted by Crippen LogP contribution is -2.41. The number of fused-ring (bicyclic) bond motifs is 1. The molecule has 2 aromatic rings. The van der Waals surface area contributed by atoms with E-state index in [0.717, 1.165) is 41.8 Å². The van der Waals surface area contributed by atoms with Gasteiger partial charge in [0.15, 0.2) is 0 Å². The lowest BCUT2D eigenvalue weighted by atomic mass is 10.1. The summed E-state index contributed by atoms with van der Waals surface area (Å²) in [6.07, 6.45) is 5.28. The van der Waals surface area contributed by atoms with Crippen molar-refractivity contribution in [2.75, 3.05) is 11.4 Å². The van der Waals surface area contributed by atoms with Gasteiger partial charge in [0, 0.05) is 11.4 Å². The molecule has 0 amide bonds. The highest BCUT2D eigenvalue weighted by molar-refractivity contribution is 7.18. The number of carboxylic acids is 1. The van der Waals surface area contributed by atoms with E-state index in [1.54, 1.807) is 11.3 Å². The van der Waals surface area contributed by atoms with Crippen LogP contribution in [0.1, 0.15) is 30.6 Å². The number of nitrogens with zero attached hydrogens (tertiary/aromatic N) is 3. The summed E-state index contributed by atoms with van der Waals surface area (Å²) in [5, 5.41) is 10.5. The number of rotatable bonds is 2. The van der Waals surface area contributed by atoms with Crippen molar-refractivity contribution in [1.29, 1.82) is 0 Å². The summed E-state index contributed by atoms with van der Waals surface area (Å²) < 4.78 is 0. The van der Waals surface area contributed by atoms with E-state index in [-0.39, 0.29) is 0 Å². The normalized spacial score (nSPS) is 20.1. The fourth-order valence-electron chi connectivity index (χ4n) is 2.81. The fraction of sp³-hybridized carbons (Fsp3) is 0.500. The molecule has 1 saturated heterocycles. The Morgan fingerprint density at radius 1 is 1.40 bits per heavy atom. The maximum Gasteiger partial charge on any atom is 0.326 e. The zero-order valence-electron chi connectivity index (χ0n) is 11.4. The van der Waals surface area contributed by atoms with E-state index in [0.29, 0.717) is 6.42 Å². The zero-order valence-corrected chi connectivity index (χ0v) is 12.2. The number of aryl methyl sites for hydroxylation is 1. The fourth-order valence-corrected chi connectivity index (χ4v) is 3.65. The Hall–Kier alpha value is -1.69. The second-order valence-corrected chi connectivity index (χ2v) is 6.40. The first-order valence-electron chi connectivity index (χ1n) is 6.87. The van der Waals surface area contributed by atoms with Gasteiger partial charge in [0.05, 0.1) is 5.39 Å². The first-order valence-corrected chi connectivity index (χ1v) is 7.69. The Morgan fingerprint density at radius 3 is 3.05 bits per heavy atom. The second kappa shape index (κ2) is 5.36. The minimum absolute atomic E-state index is 0.476. The van der Waals surface area contributed by atoms with Crippen LogP contribution in [0, 0.1) is 6.92 Å². The van der Waals surface area contributed by atoms with Gasteiger partial charge in [-0.3, -0.25) is 0 Å². The molecule has 0 saturated carbocycles. The van der Waals surface area contributed by atoms with Gasteiger partial charge in [0.2, 0.25) is 0 Å². The Balaban J connectivity index is 2.08. The van der Waals surface area contributed by atoms with Crippen molar-refractivity contribution < 1.29 is 9.90 Å². The van der Waals surface area contributed by atoms with E-state index >= 15 is 0 Å². The lowest BCUT2D eigenvalue weighted by Gasteiger charge is -2.28. The van der Waals surface area contributed by atoms with Crippen LogP contribution >= 0.6 is 11.3 Å². The molecule has 0 aliphatic carbocycles. The molecule has 5 nitrogen and oxygen atoms in total. The molecule has 3 heterocycles. The predicted octanol–water partition coefficient (Wildman–Crippen LogP) is 2.83. The summed E-state index contributed by atoms with van der Waals surface area (Å²) in [7, 11) is 0. The number of hydrogen-bond donors (Lipinski definition) is 1. The number of hydrogen-bond acceptors (Lipinski definition) is 5. The maximum absolute atomic E-state index is 11.5. The van der Waals surface area contributed by atoms with Crippen LogP contribution in [0.25, 0.3) is 10.2 Å². The molecule has 0 radical (unpaired) electrons. The van der Waals surface area contributed by atoms with E-state index in [4.69, 9.17) is 0 Å². The molecule has 1 atom stereocenters. The Morgan fingerprint density at radius 2 is 2.25 bits per heavy atom. The van der Waals surface area contributed by atoms with Gasteiger partial charge in [-0.2, -0.15) is 0 Å². The Kier molecular flexibility index (Phi) is 3.56. The van der Waals surface area contributed by atoms with Gasteiger partial charge >= 0.3 is 5.97 Å². The molecule has 1 fully saturated rings. The van der Waals surface area contributed by atoms with Crippen LogP contribution in [0.4, 0.5) is 5.82 Å². The maximum atomic E-state index is 11.5. The molecule has 1 aliphatic rings. The van der Waals surface area contributed by atoms with E-state index < -0.39 is 12.0 Å². The summed E-state index contributed by atoms with van der Waals surface area (Å²) in [4.78, 5) is 24.3. The van der Waals surface area contributed by atoms with Crippen molar-refractivity contribution >= 4 is 33.3 Å². The number of anilines is 1. The molecule has 0 spiro atoms. The van der Waals surface area contributed by atoms with Crippen LogP contribution in [-0.2, 0) is 4.79 Å². The summed E-state index contributed by atoms with van der Waals surface area (Å²) in [5.74, 6) is 0.0132. The van der Waals surface area contributed by atoms with Gasteiger partial charge in [-0.1, -0.05) is 12.8 Å². The van der Waals surface area contributed by atoms with Crippen LogP contribution in [0.3, 0.4) is 0 Å². The molecule has 2 aromatic heterocycles. The minimum Gasteiger partial charge on any atom is -0.480 e. The summed E-state index contributed by atoms with van der Waals surface area (Å²) in [6.45, 7) is 2.78. The summed E-state index contributed by atoms with van der Waals surface area (Å²) in [6, 6.07) is 1.58. The Bertz CT molecular complexity index is 640. The average molecular weight is 291 g/mol. The summed E-state index contributed by atoms with van der Waals surface area (Å²) in [5.41, 5.74) is 0. The van der Waals surface area contributed by atoms with Crippen molar-refractivity contribution in [2.24, 2.45) is 0 Å². The highest BCUT2D eigenvalue weighted by Gasteiger charge is 2.29. The van der Waals surface area contributed by atoms with Crippen LogP contribution in [0.15, 0.2) is 12.4 Å². The molecule has 106 valence electrons. The highest BCUT2D eigenvalue weighted by Crippen LogP contribution is 2.32. The second-order valence-electron chi connectivity index (χ2n) is 5.17. The zero-order chi connectivity index (χ0) is 14.1. The quantitative estimate of drug-likeness (QED) is 0.921. The van der Waals surface area contributed by atoms with Gasteiger partial charge in [0.25, 0.3) is 0 Å². The van der Waals surface area contributed by atoms with Crippen LogP contribution in [0.2, 0.25) is 0 Å². The SMILES string of the molecule is Cc1cc2c(N3CCCCCC3C(=O)O)ncnc2s1. The van der Waals surface area contributed by atoms with Gasteiger partial charge in [-0.15, -0.1) is 11.3 Å². The van der Waals surface area contributed by atoms with Gasteiger partial charge < -0.3 is 10.0 Å². The third-order valence-electron chi connectivity index (χ3n) is 3.74. The van der Waals surface area contributed by atoms with Crippen molar-refractivity contribution in [3.8, 4) is 0 Å². The van der Waals surface area contributed by atoms with Crippen LogP contribution in [-0.4, -0.2) is 33.6 Å². The van der Waals surface area contributed by atoms with E-state index in [2.05, 4.69) is 16.0 Å². The average Bonchev–Trinajstić information content (AvgIpc) is 2.64. The number of carboxylic acid groups (broad SMARTS) is 1.